The highest BCUT2D eigenvalue weighted by atomic mass is 35.5. The minimum atomic E-state index is 0. The van der Waals surface area contributed by atoms with Crippen LogP contribution in [0.5, 0.6) is 0 Å². The van der Waals surface area contributed by atoms with Crippen LogP contribution in [0.3, 0.4) is 0 Å². The first-order valence-corrected chi connectivity index (χ1v) is 9.46. The number of pyridine rings is 1. The molecule has 0 unspecified atom stereocenters. The maximum Gasteiger partial charge on any atom is 0.165 e. The Hall–Kier alpha value is -0.890. The molecule has 0 radical (unpaired) electrons. The Labute approximate surface area is 151 Å². The molecule has 24 heavy (non-hydrogen) atoms. The van der Waals surface area contributed by atoms with Crippen molar-refractivity contribution in [3.63, 3.8) is 0 Å². The SMILES string of the molecule is CC1(C)CC(=O)c2ccc(C34CC5CC(CC(C5)C3)C4)nc2C1.Cl. The van der Waals surface area contributed by atoms with E-state index < -0.39 is 0 Å². The average molecular weight is 346 g/mol. The predicted octanol–water partition coefficient (Wildman–Crippen LogP) is 5.13. The van der Waals surface area contributed by atoms with Crippen LogP contribution in [0.25, 0.3) is 0 Å². The van der Waals surface area contributed by atoms with Gasteiger partial charge in [0.05, 0.1) is 5.69 Å². The van der Waals surface area contributed by atoms with Crippen molar-refractivity contribution in [1.29, 1.82) is 0 Å². The van der Waals surface area contributed by atoms with E-state index in [9.17, 15) is 4.79 Å². The third-order valence-electron chi connectivity index (χ3n) is 7.14. The molecule has 1 aromatic rings. The summed E-state index contributed by atoms with van der Waals surface area (Å²) in [6.45, 7) is 4.40. The Morgan fingerprint density at radius 2 is 1.54 bits per heavy atom. The molecule has 0 atom stereocenters. The van der Waals surface area contributed by atoms with Gasteiger partial charge < -0.3 is 0 Å². The molecule has 5 aliphatic rings. The van der Waals surface area contributed by atoms with Crippen molar-refractivity contribution < 1.29 is 4.79 Å². The van der Waals surface area contributed by atoms with E-state index in [0.717, 1.165) is 35.4 Å². The quantitative estimate of drug-likeness (QED) is 0.706. The second-order valence-electron chi connectivity index (χ2n) is 9.83. The number of halogens is 1. The van der Waals surface area contributed by atoms with Crippen LogP contribution in [0, 0.1) is 23.2 Å². The summed E-state index contributed by atoms with van der Waals surface area (Å²) < 4.78 is 0. The molecular weight excluding hydrogens is 318 g/mol. The zero-order valence-electron chi connectivity index (χ0n) is 14.8. The van der Waals surface area contributed by atoms with E-state index in [2.05, 4.69) is 26.0 Å². The van der Waals surface area contributed by atoms with Gasteiger partial charge in [0.15, 0.2) is 5.78 Å². The second kappa shape index (κ2) is 5.30. The van der Waals surface area contributed by atoms with Gasteiger partial charge in [0.2, 0.25) is 0 Å². The number of hydrogen-bond donors (Lipinski definition) is 0. The second-order valence-corrected chi connectivity index (χ2v) is 9.83. The summed E-state index contributed by atoms with van der Waals surface area (Å²) in [5.74, 6) is 3.12. The fourth-order valence-electron chi connectivity index (χ4n) is 6.66. The summed E-state index contributed by atoms with van der Waals surface area (Å²) in [5.41, 5.74) is 3.71. The molecule has 0 spiro atoms. The summed E-state index contributed by atoms with van der Waals surface area (Å²) in [6, 6.07) is 4.32. The van der Waals surface area contributed by atoms with Crippen LogP contribution < -0.4 is 0 Å². The lowest BCUT2D eigenvalue weighted by atomic mass is 9.48. The number of hydrogen-bond acceptors (Lipinski definition) is 2. The molecule has 6 rings (SSSR count). The van der Waals surface area contributed by atoms with Crippen molar-refractivity contribution in [3.05, 3.63) is 29.1 Å². The summed E-state index contributed by atoms with van der Waals surface area (Å²) in [7, 11) is 0. The molecule has 4 fully saturated rings. The molecular formula is C21H28ClNO. The van der Waals surface area contributed by atoms with Crippen molar-refractivity contribution in [3.8, 4) is 0 Å². The van der Waals surface area contributed by atoms with Gasteiger partial charge in [-0.05, 0) is 80.2 Å². The van der Waals surface area contributed by atoms with E-state index in [1.165, 1.54) is 44.2 Å². The van der Waals surface area contributed by atoms with Crippen LogP contribution in [0.1, 0.15) is 80.5 Å². The standard InChI is InChI=1S/C21H27NO.ClH/c1-20(2)11-17-16(18(23)12-20)3-4-19(22-17)21-8-13-5-14(9-21)7-15(6-13)10-21;/h3-4,13-15H,5-12H2,1-2H3;1H. The monoisotopic (exact) mass is 345 g/mol. The number of fused-ring (bicyclic) bond motifs is 1. The van der Waals surface area contributed by atoms with E-state index in [4.69, 9.17) is 4.98 Å². The molecule has 5 aliphatic carbocycles. The average Bonchev–Trinajstić information content (AvgIpc) is 2.43. The van der Waals surface area contributed by atoms with E-state index in [1.807, 2.05) is 0 Å². The minimum absolute atomic E-state index is 0. The predicted molar refractivity (Wildman–Crippen MR) is 97.8 cm³/mol. The van der Waals surface area contributed by atoms with Gasteiger partial charge in [-0.25, -0.2) is 0 Å². The van der Waals surface area contributed by atoms with Gasteiger partial charge >= 0.3 is 0 Å². The van der Waals surface area contributed by atoms with Gasteiger partial charge in [-0.2, -0.15) is 0 Å². The Morgan fingerprint density at radius 1 is 0.958 bits per heavy atom. The number of carbonyl (C=O) groups is 1. The third kappa shape index (κ3) is 2.44. The van der Waals surface area contributed by atoms with E-state index in [1.54, 1.807) is 0 Å². The highest BCUT2D eigenvalue weighted by Gasteiger charge is 2.52. The Balaban J connectivity index is 0.00000146. The minimum Gasteiger partial charge on any atom is -0.294 e. The number of carbonyl (C=O) groups excluding carboxylic acids is 1. The lowest BCUT2D eigenvalue weighted by molar-refractivity contribution is -0.00736. The summed E-state index contributed by atoms with van der Waals surface area (Å²) in [5, 5.41) is 0. The van der Waals surface area contributed by atoms with Crippen LogP contribution in [0.15, 0.2) is 12.1 Å². The highest BCUT2D eigenvalue weighted by Crippen LogP contribution is 2.60. The zero-order chi connectivity index (χ0) is 15.8. The smallest absolute Gasteiger partial charge is 0.165 e. The topological polar surface area (TPSA) is 30.0 Å². The van der Waals surface area contributed by atoms with E-state index in [0.29, 0.717) is 17.6 Å². The fraction of sp³-hybridized carbons (Fsp3) is 0.714. The largest absolute Gasteiger partial charge is 0.294 e. The first-order valence-electron chi connectivity index (χ1n) is 9.46. The molecule has 1 aromatic heterocycles. The summed E-state index contributed by atoms with van der Waals surface area (Å²) in [4.78, 5) is 17.5. The number of Topliss-reactive ketones (excluding diaryl/α,β-unsaturated/α-hetero) is 1. The van der Waals surface area contributed by atoms with Crippen LogP contribution >= 0.6 is 12.4 Å². The van der Waals surface area contributed by atoms with Gasteiger partial charge in [-0.3, -0.25) is 9.78 Å². The van der Waals surface area contributed by atoms with Gasteiger partial charge in [-0.15, -0.1) is 12.4 Å². The van der Waals surface area contributed by atoms with Crippen LogP contribution in [0.2, 0.25) is 0 Å². The molecule has 0 N–H and O–H groups in total. The van der Waals surface area contributed by atoms with Crippen molar-refractivity contribution in [2.75, 3.05) is 0 Å². The lowest BCUT2D eigenvalue weighted by Gasteiger charge is -2.56. The summed E-state index contributed by atoms with van der Waals surface area (Å²) >= 11 is 0. The Bertz CT molecular complexity index is 658. The number of ketones is 1. The van der Waals surface area contributed by atoms with Gasteiger partial charge in [0.1, 0.15) is 0 Å². The Kier molecular flexibility index (Phi) is 3.66. The molecule has 2 nitrogen and oxygen atoms in total. The first kappa shape index (κ1) is 16.6. The molecule has 1 heterocycles. The maximum atomic E-state index is 12.4. The molecule has 130 valence electrons. The molecule has 0 amide bonds. The number of aromatic nitrogens is 1. The van der Waals surface area contributed by atoms with E-state index >= 15 is 0 Å². The molecule has 3 heteroatoms. The summed E-state index contributed by atoms with van der Waals surface area (Å²) in [6.07, 6.45) is 10.1. The molecule has 4 saturated carbocycles. The van der Waals surface area contributed by atoms with Gasteiger partial charge in [-0.1, -0.05) is 13.8 Å². The lowest BCUT2D eigenvalue weighted by Crippen LogP contribution is -2.49. The highest BCUT2D eigenvalue weighted by molar-refractivity contribution is 5.98. The normalized spacial score (nSPS) is 38.6. The van der Waals surface area contributed by atoms with Crippen molar-refractivity contribution >= 4 is 18.2 Å². The van der Waals surface area contributed by atoms with E-state index in [-0.39, 0.29) is 17.8 Å². The molecule has 0 saturated heterocycles. The van der Waals surface area contributed by atoms with Crippen molar-refractivity contribution in [2.24, 2.45) is 23.2 Å². The Morgan fingerprint density at radius 3 is 2.12 bits per heavy atom. The number of nitrogens with zero attached hydrogens (tertiary/aromatic N) is 1. The first-order chi connectivity index (χ1) is 10.9. The van der Waals surface area contributed by atoms with Crippen LogP contribution in [0.4, 0.5) is 0 Å². The molecule has 4 bridgehead atoms. The molecule has 0 aliphatic heterocycles. The number of rotatable bonds is 1. The maximum absolute atomic E-state index is 12.4. The fourth-order valence-corrected chi connectivity index (χ4v) is 6.66. The van der Waals surface area contributed by atoms with Crippen LogP contribution in [-0.2, 0) is 11.8 Å². The van der Waals surface area contributed by atoms with Crippen LogP contribution in [-0.4, -0.2) is 10.8 Å². The third-order valence-corrected chi connectivity index (χ3v) is 7.14. The van der Waals surface area contributed by atoms with Gasteiger partial charge in [0, 0.05) is 23.1 Å². The van der Waals surface area contributed by atoms with Crippen molar-refractivity contribution in [1.82, 2.24) is 4.98 Å². The van der Waals surface area contributed by atoms with Crippen molar-refractivity contribution in [2.45, 2.75) is 70.6 Å². The molecule has 0 aromatic carbocycles. The van der Waals surface area contributed by atoms with Gasteiger partial charge in [0.25, 0.3) is 0 Å². The zero-order valence-corrected chi connectivity index (χ0v) is 15.6.